The van der Waals surface area contributed by atoms with E-state index in [2.05, 4.69) is 12.2 Å². The molecule has 1 rings (SSSR count). The molecule has 0 saturated heterocycles. The number of benzene rings is 1. The fourth-order valence-electron chi connectivity index (χ4n) is 1.92. The molecule has 0 spiro atoms. The van der Waals surface area contributed by atoms with Gasteiger partial charge in [0.25, 0.3) is 0 Å². The quantitative estimate of drug-likeness (QED) is 0.822. The molecule has 106 valence electrons. The number of ether oxygens (including phenoxy) is 1. The lowest BCUT2D eigenvalue weighted by atomic mass is 10.2. The zero-order valence-electron chi connectivity index (χ0n) is 12.1. The standard InChI is InChI=1S/C15H24N2O2/c1-4-10-17(11-14-8-6-5-7-9-14)15(18)16-13(2)12-19-3/h5-9,13H,4,10-12H2,1-3H3,(H,16,18). The van der Waals surface area contributed by atoms with E-state index in [0.717, 1.165) is 18.5 Å². The second-order valence-electron chi connectivity index (χ2n) is 4.71. The van der Waals surface area contributed by atoms with Crippen molar-refractivity contribution >= 4 is 6.03 Å². The first kappa shape index (κ1) is 15.5. The van der Waals surface area contributed by atoms with Gasteiger partial charge in [-0.15, -0.1) is 0 Å². The van der Waals surface area contributed by atoms with Crippen molar-refractivity contribution in [3.05, 3.63) is 35.9 Å². The van der Waals surface area contributed by atoms with Crippen LogP contribution in [0.2, 0.25) is 0 Å². The van der Waals surface area contributed by atoms with Crippen molar-refractivity contribution < 1.29 is 9.53 Å². The molecular weight excluding hydrogens is 240 g/mol. The summed E-state index contributed by atoms with van der Waals surface area (Å²) >= 11 is 0. The summed E-state index contributed by atoms with van der Waals surface area (Å²) in [4.78, 5) is 14.0. The Balaban J connectivity index is 2.58. The molecule has 0 saturated carbocycles. The number of methoxy groups -OCH3 is 1. The van der Waals surface area contributed by atoms with E-state index in [-0.39, 0.29) is 12.1 Å². The number of nitrogens with zero attached hydrogens (tertiary/aromatic N) is 1. The van der Waals surface area contributed by atoms with Gasteiger partial charge in [0.2, 0.25) is 0 Å². The summed E-state index contributed by atoms with van der Waals surface area (Å²) < 4.78 is 5.03. The Labute approximate surface area is 115 Å². The minimum Gasteiger partial charge on any atom is -0.383 e. The summed E-state index contributed by atoms with van der Waals surface area (Å²) in [5.41, 5.74) is 1.14. The third kappa shape index (κ3) is 5.75. The van der Waals surface area contributed by atoms with Gasteiger partial charge in [0, 0.05) is 20.2 Å². The molecule has 0 bridgehead atoms. The molecule has 1 N–H and O–H groups in total. The molecule has 0 fully saturated rings. The van der Waals surface area contributed by atoms with Gasteiger partial charge in [0.05, 0.1) is 12.6 Å². The van der Waals surface area contributed by atoms with E-state index in [4.69, 9.17) is 4.74 Å². The summed E-state index contributed by atoms with van der Waals surface area (Å²) in [6.07, 6.45) is 0.943. The maximum Gasteiger partial charge on any atom is 0.317 e. The third-order valence-electron chi connectivity index (χ3n) is 2.78. The van der Waals surface area contributed by atoms with Gasteiger partial charge in [-0.2, -0.15) is 0 Å². The number of urea groups is 1. The average molecular weight is 264 g/mol. The molecule has 0 aromatic heterocycles. The Bertz CT molecular complexity index is 368. The number of amides is 2. The molecule has 0 aliphatic carbocycles. The highest BCUT2D eigenvalue weighted by Gasteiger charge is 2.15. The average Bonchev–Trinajstić information content (AvgIpc) is 2.39. The maximum absolute atomic E-state index is 12.2. The molecule has 2 amide bonds. The number of hydrogen-bond donors (Lipinski definition) is 1. The van der Waals surface area contributed by atoms with Crippen LogP contribution in [0.1, 0.15) is 25.8 Å². The normalized spacial score (nSPS) is 11.9. The van der Waals surface area contributed by atoms with Gasteiger partial charge in [-0.1, -0.05) is 37.3 Å². The van der Waals surface area contributed by atoms with Crippen molar-refractivity contribution in [3.8, 4) is 0 Å². The monoisotopic (exact) mass is 264 g/mol. The van der Waals surface area contributed by atoms with E-state index in [1.807, 2.05) is 42.2 Å². The SMILES string of the molecule is CCCN(Cc1ccccc1)C(=O)NC(C)COC. The summed E-state index contributed by atoms with van der Waals surface area (Å²) in [6.45, 7) is 5.93. The molecule has 0 aliphatic rings. The lowest BCUT2D eigenvalue weighted by molar-refractivity contribution is 0.158. The lowest BCUT2D eigenvalue weighted by Gasteiger charge is -2.24. The second kappa shape index (κ2) is 8.53. The molecular formula is C15H24N2O2. The van der Waals surface area contributed by atoms with E-state index in [1.165, 1.54) is 0 Å². The highest BCUT2D eigenvalue weighted by Crippen LogP contribution is 2.05. The van der Waals surface area contributed by atoms with Crippen molar-refractivity contribution in [2.24, 2.45) is 0 Å². The molecule has 4 nitrogen and oxygen atoms in total. The Morgan fingerprint density at radius 2 is 2.05 bits per heavy atom. The van der Waals surface area contributed by atoms with E-state index in [9.17, 15) is 4.79 Å². The topological polar surface area (TPSA) is 41.6 Å². The van der Waals surface area contributed by atoms with Crippen LogP contribution in [-0.2, 0) is 11.3 Å². The number of hydrogen-bond acceptors (Lipinski definition) is 2. The van der Waals surface area contributed by atoms with Gasteiger partial charge in [0.15, 0.2) is 0 Å². The highest BCUT2D eigenvalue weighted by atomic mass is 16.5. The van der Waals surface area contributed by atoms with Crippen LogP contribution in [0.4, 0.5) is 4.79 Å². The van der Waals surface area contributed by atoms with Crippen molar-refractivity contribution in [2.45, 2.75) is 32.9 Å². The van der Waals surface area contributed by atoms with Gasteiger partial charge in [-0.05, 0) is 18.9 Å². The van der Waals surface area contributed by atoms with Crippen LogP contribution in [0.25, 0.3) is 0 Å². The molecule has 1 aromatic rings. The van der Waals surface area contributed by atoms with E-state index >= 15 is 0 Å². The summed E-state index contributed by atoms with van der Waals surface area (Å²) in [5, 5.41) is 2.95. The second-order valence-corrected chi connectivity index (χ2v) is 4.71. The first-order valence-corrected chi connectivity index (χ1v) is 6.75. The Hall–Kier alpha value is -1.55. The van der Waals surface area contributed by atoms with Crippen molar-refractivity contribution in [1.29, 1.82) is 0 Å². The Morgan fingerprint density at radius 1 is 1.37 bits per heavy atom. The Kier molecular flexibility index (Phi) is 6.97. The fraction of sp³-hybridized carbons (Fsp3) is 0.533. The van der Waals surface area contributed by atoms with Crippen LogP contribution in [0.5, 0.6) is 0 Å². The predicted molar refractivity (Wildman–Crippen MR) is 77.0 cm³/mol. The number of carbonyl (C=O) groups excluding carboxylic acids is 1. The summed E-state index contributed by atoms with van der Waals surface area (Å²) in [7, 11) is 1.64. The van der Waals surface area contributed by atoms with E-state index < -0.39 is 0 Å². The fourth-order valence-corrected chi connectivity index (χ4v) is 1.92. The molecule has 1 aromatic carbocycles. The van der Waals surface area contributed by atoms with Gasteiger partial charge >= 0.3 is 6.03 Å². The van der Waals surface area contributed by atoms with Crippen LogP contribution in [0.3, 0.4) is 0 Å². The smallest absolute Gasteiger partial charge is 0.317 e. The van der Waals surface area contributed by atoms with Gasteiger partial charge in [-0.25, -0.2) is 4.79 Å². The minimum atomic E-state index is -0.0322. The van der Waals surface area contributed by atoms with Gasteiger partial charge < -0.3 is 15.0 Å². The number of rotatable bonds is 7. The first-order chi connectivity index (χ1) is 9.17. The van der Waals surface area contributed by atoms with Crippen LogP contribution in [0, 0.1) is 0 Å². The highest BCUT2D eigenvalue weighted by molar-refractivity contribution is 5.74. The molecule has 1 atom stereocenters. The summed E-state index contributed by atoms with van der Waals surface area (Å²) in [6, 6.07) is 10.0. The Morgan fingerprint density at radius 3 is 2.63 bits per heavy atom. The molecule has 19 heavy (non-hydrogen) atoms. The zero-order valence-corrected chi connectivity index (χ0v) is 12.1. The van der Waals surface area contributed by atoms with Crippen LogP contribution in [-0.4, -0.2) is 37.2 Å². The first-order valence-electron chi connectivity index (χ1n) is 6.75. The van der Waals surface area contributed by atoms with E-state index in [0.29, 0.717) is 13.2 Å². The number of nitrogens with one attached hydrogen (secondary N) is 1. The zero-order chi connectivity index (χ0) is 14.1. The lowest BCUT2D eigenvalue weighted by Crippen LogP contribution is -2.45. The molecule has 4 heteroatoms. The number of carbonyl (C=O) groups is 1. The van der Waals surface area contributed by atoms with Gasteiger partial charge in [0.1, 0.15) is 0 Å². The largest absolute Gasteiger partial charge is 0.383 e. The van der Waals surface area contributed by atoms with E-state index in [1.54, 1.807) is 7.11 Å². The van der Waals surface area contributed by atoms with Gasteiger partial charge in [-0.3, -0.25) is 0 Å². The van der Waals surface area contributed by atoms with Crippen LogP contribution >= 0.6 is 0 Å². The van der Waals surface area contributed by atoms with Crippen molar-refractivity contribution in [2.75, 3.05) is 20.3 Å². The van der Waals surface area contributed by atoms with Crippen LogP contribution in [0.15, 0.2) is 30.3 Å². The maximum atomic E-state index is 12.2. The molecule has 1 unspecified atom stereocenters. The molecule has 0 heterocycles. The van der Waals surface area contributed by atoms with Crippen LogP contribution < -0.4 is 5.32 Å². The minimum absolute atomic E-state index is 0.0210. The van der Waals surface area contributed by atoms with Crippen molar-refractivity contribution in [1.82, 2.24) is 10.2 Å². The molecule has 0 radical (unpaired) electrons. The predicted octanol–water partition coefficient (Wildman–Crippen LogP) is 2.64. The third-order valence-corrected chi connectivity index (χ3v) is 2.78. The summed E-state index contributed by atoms with van der Waals surface area (Å²) in [5.74, 6) is 0. The molecule has 0 aliphatic heterocycles. The van der Waals surface area contributed by atoms with Crippen molar-refractivity contribution in [3.63, 3.8) is 0 Å².